The van der Waals surface area contributed by atoms with Crippen molar-refractivity contribution in [2.24, 2.45) is 0 Å². The van der Waals surface area contributed by atoms with Crippen LogP contribution in [0.25, 0.3) is 11.0 Å². The normalized spacial score (nSPS) is 10.6. The van der Waals surface area contributed by atoms with E-state index in [1.807, 2.05) is 0 Å². The molecule has 0 radical (unpaired) electrons. The van der Waals surface area contributed by atoms with Gasteiger partial charge >= 0.3 is 0 Å². The van der Waals surface area contributed by atoms with Gasteiger partial charge in [-0.15, -0.1) is 11.6 Å². The molecule has 0 aliphatic heterocycles. The van der Waals surface area contributed by atoms with Crippen LogP contribution in [0.5, 0.6) is 0 Å². The molecular weight excluding hydrogens is 235 g/mol. The van der Waals surface area contributed by atoms with Crippen molar-refractivity contribution in [2.75, 3.05) is 0 Å². The number of rotatable bonds is 2. The summed E-state index contributed by atoms with van der Waals surface area (Å²) in [6.07, 6.45) is 1.42. The third-order valence-electron chi connectivity index (χ3n) is 2.21. The van der Waals surface area contributed by atoms with Crippen molar-refractivity contribution in [2.45, 2.75) is 5.88 Å². The number of halogens is 2. The molecule has 0 saturated carbocycles. The van der Waals surface area contributed by atoms with Gasteiger partial charge in [0.1, 0.15) is 17.7 Å². The molecule has 0 aliphatic carbocycles. The first-order valence-corrected chi connectivity index (χ1v) is 4.96. The fourth-order valence-electron chi connectivity index (χ4n) is 1.47. The Balaban J connectivity index is 2.94. The number of alkyl halides is 1. The first-order valence-electron chi connectivity index (χ1n) is 4.42. The van der Waals surface area contributed by atoms with E-state index in [4.69, 9.17) is 16.0 Å². The van der Waals surface area contributed by atoms with Gasteiger partial charge in [0.2, 0.25) is 5.43 Å². The Kier molecular flexibility index (Phi) is 2.75. The molecule has 1 aromatic heterocycles. The number of carbonyl (C=O) groups excluding carboxylic acids is 1. The number of carbonyl (C=O) groups is 1. The van der Waals surface area contributed by atoms with Crippen LogP contribution in [0.15, 0.2) is 27.6 Å². The van der Waals surface area contributed by atoms with Crippen LogP contribution in [-0.4, -0.2) is 6.29 Å². The van der Waals surface area contributed by atoms with Gasteiger partial charge in [-0.25, -0.2) is 4.39 Å². The monoisotopic (exact) mass is 240 g/mol. The number of aldehydes is 1. The van der Waals surface area contributed by atoms with E-state index < -0.39 is 11.2 Å². The second-order valence-corrected chi connectivity index (χ2v) is 3.48. The molecule has 0 N–H and O–H groups in total. The summed E-state index contributed by atoms with van der Waals surface area (Å²) in [5.74, 6) is -0.559. The first-order chi connectivity index (χ1) is 7.67. The SMILES string of the molecule is O=Cc1coc2c(CCl)cc(F)cc2c1=O. The molecule has 0 amide bonds. The van der Waals surface area contributed by atoms with Gasteiger partial charge in [-0.2, -0.15) is 0 Å². The van der Waals surface area contributed by atoms with E-state index in [0.717, 1.165) is 12.3 Å². The van der Waals surface area contributed by atoms with Gasteiger partial charge in [-0.3, -0.25) is 9.59 Å². The van der Waals surface area contributed by atoms with E-state index in [-0.39, 0.29) is 22.4 Å². The molecule has 16 heavy (non-hydrogen) atoms. The maximum absolute atomic E-state index is 13.2. The summed E-state index contributed by atoms with van der Waals surface area (Å²) in [4.78, 5) is 22.2. The molecule has 0 atom stereocenters. The molecule has 3 nitrogen and oxygen atoms in total. The van der Waals surface area contributed by atoms with Crippen LogP contribution in [0.4, 0.5) is 4.39 Å². The van der Waals surface area contributed by atoms with Crippen molar-refractivity contribution < 1.29 is 13.6 Å². The second kappa shape index (κ2) is 4.06. The lowest BCUT2D eigenvalue weighted by Crippen LogP contribution is -2.08. The molecule has 2 aromatic rings. The lowest BCUT2D eigenvalue weighted by Gasteiger charge is -2.02. The fraction of sp³-hybridized carbons (Fsp3) is 0.0909. The zero-order valence-corrected chi connectivity index (χ0v) is 8.75. The summed E-state index contributed by atoms with van der Waals surface area (Å²) in [5, 5.41) is 0.0280. The van der Waals surface area contributed by atoms with Gasteiger partial charge in [0.15, 0.2) is 6.29 Å². The number of benzene rings is 1. The van der Waals surface area contributed by atoms with E-state index in [2.05, 4.69) is 0 Å². The van der Waals surface area contributed by atoms with Crippen molar-refractivity contribution in [3.63, 3.8) is 0 Å². The van der Waals surface area contributed by atoms with Crippen molar-refractivity contribution >= 4 is 28.9 Å². The molecule has 0 aliphatic rings. The van der Waals surface area contributed by atoms with E-state index in [1.165, 1.54) is 6.07 Å². The van der Waals surface area contributed by atoms with Crippen LogP contribution < -0.4 is 5.43 Å². The van der Waals surface area contributed by atoms with Crippen LogP contribution in [0, 0.1) is 5.82 Å². The zero-order valence-electron chi connectivity index (χ0n) is 8.00. The minimum Gasteiger partial charge on any atom is -0.463 e. The Morgan fingerprint density at radius 1 is 1.44 bits per heavy atom. The van der Waals surface area contributed by atoms with Crippen LogP contribution in [0.2, 0.25) is 0 Å². The van der Waals surface area contributed by atoms with Crippen molar-refractivity contribution in [1.29, 1.82) is 0 Å². The lowest BCUT2D eigenvalue weighted by molar-refractivity contribution is 0.112. The van der Waals surface area contributed by atoms with E-state index in [9.17, 15) is 14.0 Å². The summed E-state index contributed by atoms with van der Waals surface area (Å²) in [6.45, 7) is 0. The summed E-state index contributed by atoms with van der Waals surface area (Å²) >= 11 is 5.61. The van der Waals surface area contributed by atoms with Crippen molar-refractivity contribution in [3.05, 3.63) is 45.6 Å². The molecule has 0 saturated heterocycles. The maximum Gasteiger partial charge on any atom is 0.203 e. The smallest absolute Gasteiger partial charge is 0.203 e. The molecule has 0 unspecified atom stereocenters. The third-order valence-corrected chi connectivity index (χ3v) is 2.50. The van der Waals surface area contributed by atoms with Crippen LogP contribution >= 0.6 is 11.6 Å². The number of hydrogen-bond donors (Lipinski definition) is 0. The largest absolute Gasteiger partial charge is 0.463 e. The second-order valence-electron chi connectivity index (χ2n) is 3.21. The Labute approximate surface area is 94.4 Å². The highest BCUT2D eigenvalue weighted by Gasteiger charge is 2.11. The standard InChI is InChI=1S/C11H6ClFO3/c12-3-6-1-8(13)2-9-10(15)7(4-14)5-16-11(6)9/h1-2,4-5H,3H2. The number of fused-ring (bicyclic) bond motifs is 1. The summed E-state index contributed by atoms with van der Waals surface area (Å²) in [5.41, 5.74) is -0.0982. The van der Waals surface area contributed by atoms with Gasteiger partial charge in [0.05, 0.1) is 16.8 Å². The Hall–Kier alpha value is -1.68. The van der Waals surface area contributed by atoms with Gasteiger partial charge in [-0.05, 0) is 12.1 Å². The molecule has 82 valence electrons. The van der Waals surface area contributed by atoms with Gasteiger partial charge in [0.25, 0.3) is 0 Å². The van der Waals surface area contributed by atoms with Gasteiger partial charge in [-0.1, -0.05) is 0 Å². The molecular formula is C11H6ClFO3. The molecule has 1 aromatic carbocycles. The Morgan fingerprint density at radius 3 is 2.81 bits per heavy atom. The molecule has 2 rings (SSSR count). The topological polar surface area (TPSA) is 47.3 Å². The van der Waals surface area contributed by atoms with E-state index >= 15 is 0 Å². The predicted molar refractivity (Wildman–Crippen MR) is 57.4 cm³/mol. The third kappa shape index (κ3) is 1.61. The average molecular weight is 241 g/mol. The number of hydrogen-bond acceptors (Lipinski definition) is 3. The maximum atomic E-state index is 13.2. The van der Waals surface area contributed by atoms with E-state index in [0.29, 0.717) is 11.8 Å². The predicted octanol–water partition coefficient (Wildman–Crippen LogP) is 2.48. The highest BCUT2D eigenvalue weighted by molar-refractivity contribution is 6.17. The minimum absolute atomic E-state index is 0.0254. The first kappa shape index (κ1) is 10.8. The van der Waals surface area contributed by atoms with Crippen LogP contribution in [-0.2, 0) is 5.88 Å². The molecule has 0 bridgehead atoms. The highest BCUT2D eigenvalue weighted by Crippen LogP contribution is 2.20. The molecule has 0 spiro atoms. The van der Waals surface area contributed by atoms with Crippen LogP contribution in [0.3, 0.4) is 0 Å². The average Bonchev–Trinajstić information content (AvgIpc) is 2.29. The molecule has 5 heteroatoms. The molecule has 0 fully saturated rings. The van der Waals surface area contributed by atoms with Gasteiger partial charge < -0.3 is 4.42 Å². The van der Waals surface area contributed by atoms with Gasteiger partial charge in [0, 0.05) is 5.56 Å². The highest BCUT2D eigenvalue weighted by atomic mass is 35.5. The fourth-order valence-corrected chi connectivity index (χ4v) is 1.67. The Morgan fingerprint density at radius 2 is 2.19 bits per heavy atom. The zero-order chi connectivity index (χ0) is 11.7. The summed E-state index contributed by atoms with van der Waals surface area (Å²) in [7, 11) is 0. The lowest BCUT2D eigenvalue weighted by atomic mass is 10.1. The summed E-state index contributed by atoms with van der Waals surface area (Å²) in [6, 6.07) is 2.23. The summed E-state index contributed by atoms with van der Waals surface area (Å²) < 4.78 is 18.3. The van der Waals surface area contributed by atoms with Crippen molar-refractivity contribution in [1.82, 2.24) is 0 Å². The molecule has 1 heterocycles. The van der Waals surface area contributed by atoms with Crippen molar-refractivity contribution in [3.8, 4) is 0 Å². The minimum atomic E-state index is -0.585. The van der Waals surface area contributed by atoms with Crippen LogP contribution in [0.1, 0.15) is 15.9 Å². The Bertz CT molecular complexity index is 618. The van der Waals surface area contributed by atoms with E-state index in [1.54, 1.807) is 0 Å². The quantitative estimate of drug-likeness (QED) is 0.598.